The van der Waals surface area contributed by atoms with E-state index in [0.717, 1.165) is 15.8 Å². The Kier molecular flexibility index (Phi) is 3.28. The minimum atomic E-state index is 0.203. The van der Waals surface area contributed by atoms with Crippen molar-refractivity contribution in [1.29, 1.82) is 5.26 Å². The Bertz CT molecular complexity index is 824. The molecule has 96 valence electrons. The fourth-order valence-electron chi connectivity index (χ4n) is 1.91. The zero-order valence-corrected chi connectivity index (χ0v) is 11.3. The second kappa shape index (κ2) is 5.24. The topological polar surface area (TPSA) is 56.9 Å². The number of phenols is 1. The molecule has 3 aromatic rings. The zero-order chi connectivity index (χ0) is 13.9. The first-order valence-corrected chi connectivity index (χ1v) is 6.85. The molecule has 0 aliphatic rings. The molecule has 2 aromatic carbocycles. The fraction of sp³-hybridized carbons (Fsp3) is 0. The van der Waals surface area contributed by atoms with E-state index < -0.39 is 0 Å². The first-order valence-electron chi connectivity index (χ1n) is 6.03. The lowest BCUT2D eigenvalue weighted by Crippen LogP contribution is -1.88. The third-order valence-electron chi connectivity index (χ3n) is 2.84. The molecule has 0 saturated carbocycles. The Balaban J connectivity index is 2.08. The van der Waals surface area contributed by atoms with Gasteiger partial charge in [0.15, 0.2) is 0 Å². The third-order valence-corrected chi connectivity index (χ3v) is 3.84. The molecule has 0 aliphatic carbocycles. The molecule has 0 amide bonds. The minimum absolute atomic E-state index is 0.203. The van der Waals surface area contributed by atoms with Crippen LogP contribution in [-0.2, 0) is 0 Å². The molecule has 0 bridgehead atoms. The molecule has 1 aromatic heterocycles. The molecule has 3 rings (SSSR count). The molecule has 0 radical (unpaired) electrons. The number of fused-ring (bicyclic) bond motifs is 1. The summed E-state index contributed by atoms with van der Waals surface area (Å²) >= 11 is 1.37. The van der Waals surface area contributed by atoms with E-state index >= 15 is 0 Å². The van der Waals surface area contributed by atoms with Crippen LogP contribution in [0.4, 0.5) is 0 Å². The molecule has 4 heteroatoms. The highest BCUT2D eigenvalue weighted by atomic mass is 32.2. The summed E-state index contributed by atoms with van der Waals surface area (Å²) in [6, 6.07) is 18.6. The van der Waals surface area contributed by atoms with E-state index in [-0.39, 0.29) is 5.75 Å². The summed E-state index contributed by atoms with van der Waals surface area (Å²) < 4.78 is 0. The van der Waals surface area contributed by atoms with Gasteiger partial charge < -0.3 is 5.11 Å². The highest BCUT2D eigenvalue weighted by Crippen LogP contribution is 2.32. The van der Waals surface area contributed by atoms with Gasteiger partial charge in [0, 0.05) is 10.3 Å². The van der Waals surface area contributed by atoms with Gasteiger partial charge in [-0.25, -0.2) is 4.98 Å². The number of aromatic hydroxyl groups is 1. The van der Waals surface area contributed by atoms with Crippen LogP contribution in [-0.4, -0.2) is 10.1 Å². The average Bonchev–Trinajstić information content (AvgIpc) is 2.46. The van der Waals surface area contributed by atoms with Crippen LogP contribution >= 0.6 is 11.8 Å². The summed E-state index contributed by atoms with van der Waals surface area (Å²) in [5.74, 6) is 0.203. The standard InChI is InChI=1S/C16H10N2OS/c17-10-12-8-11-4-1-2-7-15(11)18-16(12)20-14-6-3-5-13(19)9-14/h1-9,19H. The maximum Gasteiger partial charge on any atom is 0.119 e. The fourth-order valence-corrected chi connectivity index (χ4v) is 2.82. The molecule has 0 saturated heterocycles. The number of phenolic OH excluding ortho intramolecular Hbond substituents is 1. The Labute approximate surface area is 120 Å². The number of hydrogen-bond donors (Lipinski definition) is 1. The molecule has 0 spiro atoms. The van der Waals surface area contributed by atoms with Crippen molar-refractivity contribution in [2.24, 2.45) is 0 Å². The molecule has 1 N–H and O–H groups in total. The summed E-state index contributed by atoms with van der Waals surface area (Å²) in [6.45, 7) is 0. The Morgan fingerprint density at radius 1 is 1.05 bits per heavy atom. The van der Waals surface area contributed by atoms with Gasteiger partial charge in [-0.1, -0.05) is 36.0 Å². The molecular formula is C16H10N2OS. The number of hydrogen-bond acceptors (Lipinski definition) is 4. The number of rotatable bonds is 2. The monoisotopic (exact) mass is 278 g/mol. The molecule has 0 atom stereocenters. The van der Waals surface area contributed by atoms with Gasteiger partial charge in [0.2, 0.25) is 0 Å². The molecule has 0 aliphatic heterocycles. The first-order chi connectivity index (χ1) is 9.76. The average molecular weight is 278 g/mol. The van der Waals surface area contributed by atoms with E-state index in [2.05, 4.69) is 11.1 Å². The molecule has 0 fully saturated rings. The molecular weight excluding hydrogens is 268 g/mol. The quantitative estimate of drug-likeness (QED) is 0.770. The zero-order valence-electron chi connectivity index (χ0n) is 10.4. The van der Waals surface area contributed by atoms with E-state index in [1.807, 2.05) is 36.4 Å². The van der Waals surface area contributed by atoms with Crippen LogP contribution in [0.1, 0.15) is 5.56 Å². The van der Waals surface area contributed by atoms with Gasteiger partial charge in [0.25, 0.3) is 0 Å². The minimum Gasteiger partial charge on any atom is -0.508 e. The number of nitrogens with zero attached hydrogens (tertiary/aromatic N) is 2. The van der Waals surface area contributed by atoms with Crippen LogP contribution in [0.2, 0.25) is 0 Å². The smallest absolute Gasteiger partial charge is 0.119 e. The highest BCUT2D eigenvalue weighted by Gasteiger charge is 2.08. The number of benzene rings is 2. The lowest BCUT2D eigenvalue weighted by molar-refractivity contribution is 0.474. The van der Waals surface area contributed by atoms with E-state index in [0.29, 0.717) is 10.6 Å². The first kappa shape index (κ1) is 12.5. The van der Waals surface area contributed by atoms with Crippen LogP contribution in [0, 0.1) is 11.3 Å². The van der Waals surface area contributed by atoms with Gasteiger partial charge >= 0.3 is 0 Å². The van der Waals surface area contributed by atoms with Gasteiger partial charge in [0.05, 0.1) is 11.1 Å². The van der Waals surface area contributed by atoms with E-state index in [1.165, 1.54) is 11.8 Å². The number of nitriles is 1. The van der Waals surface area contributed by atoms with Crippen molar-refractivity contribution < 1.29 is 5.11 Å². The van der Waals surface area contributed by atoms with Crippen LogP contribution in [0.3, 0.4) is 0 Å². The van der Waals surface area contributed by atoms with E-state index in [4.69, 9.17) is 0 Å². The molecule has 20 heavy (non-hydrogen) atoms. The second-order valence-corrected chi connectivity index (χ2v) is 5.31. The van der Waals surface area contributed by atoms with Crippen molar-refractivity contribution in [3.8, 4) is 11.8 Å². The van der Waals surface area contributed by atoms with Crippen molar-refractivity contribution >= 4 is 22.7 Å². The maximum atomic E-state index is 9.49. The third kappa shape index (κ3) is 2.44. The summed E-state index contributed by atoms with van der Waals surface area (Å²) in [5.41, 5.74) is 1.39. The van der Waals surface area contributed by atoms with Crippen LogP contribution in [0.15, 0.2) is 64.5 Å². The van der Waals surface area contributed by atoms with Gasteiger partial charge in [-0.05, 0) is 30.3 Å². The van der Waals surface area contributed by atoms with Gasteiger partial charge in [-0.3, -0.25) is 0 Å². The SMILES string of the molecule is N#Cc1cc2ccccc2nc1Sc1cccc(O)c1. The van der Waals surface area contributed by atoms with Gasteiger partial charge in [-0.2, -0.15) is 5.26 Å². The second-order valence-electron chi connectivity index (χ2n) is 4.25. The van der Waals surface area contributed by atoms with Gasteiger partial charge in [0.1, 0.15) is 16.8 Å². The maximum absolute atomic E-state index is 9.49. The number of aromatic nitrogens is 1. The summed E-state index contributed by atoms with van der Waals surface area (Å²) in [6.07, 6.45) is 0. The summed E-state index contributed by atoms with van der Waals surface area (Å²) in [7, 11) is 0. The predicted molar refractivity (Wildman–Crippen MR) is 78.7 cm³/mol. The van der Waals surface area contributed by atoms with E-state index in [9.17, 15) is 10.4 Å². The molecule has 1 heterocycles. The number of pyridine rings is 1. The summed E-state index contributed by atoms with van der Waals surface area (Å²) in [4.78, 5) is 5.38. The van der Waals surface area contributed by atoms with Crippen molar-refractivity contribution in [2.75, 3.05) is 0 Å². The predicted octanol–water partition coefficient (Wildman–Crippen LogP) is 3.96. The largest absolute Gasteiger partial charge is 0.508 e. The van der Waals surface area contributed by atoms with Crippen molar-refractivity contribution in [2.45, 2.75) is 9.92 Å². The van der Waals surface area contributed by atoms with Gasteiger partial charge in [-0.15, -0.1) is 0 Å². The Morgan fingerprint density at radius 2 is 1.90 bits per heavy atom. The Morgan fingerprint density at radius 3 is 2.70 bits per heavy atom. The van der Waals surface area contributed by atoms with Crippen LogP contribution in [0.5, 0.6) is 5.75 Å². The van der Waals surface area contributed by atoms with Crippen molar-refractivity contribution in [3.05, 3.63) is 60.2 Å². The molecule has 0 unspecified atom stereocenters. The van der Waals surface area contributed by atoms with Crippen molar-refractivity contribution in [3.63, 3.8) is 0 Å². The normalized spacial score (nSPS) is 10.3. The van der Waals surface area contributed by atoms with Crippen molar-refractivity contribution in [1.82, 2.24) is 4.98 Å². The van der Waals surface area contributed by atoms with Crippen LogP contribution in [0.25, 0.3) is 10.9 Å². The molecule has 3 nitrogen and oxygen atoms in total. The lowest BCUT2D eigenvalue weighted by atomic mass is 10.2. The van der Waals surface area contributed by atoms with Crippen LogP contribution < -0.4 is 0 Å². The highest BCUT2D eigenvalue weighted by molar-refractivity contribution is 7.99. The lowest BCUT2D eigenvalue weighted by Gasteiger charge is -2.05. The Hall–Kier alpha value is -2.51. The summed E-state index contributed by atoms with van der Waals surface area (Å²) in [5, 5.41) is 20.3. The van der Waals surface area contributed by atoms with E-state index in [1.54, 1.807) is 18.2 Å². The number of para-hydroxylation sites is 1.